The molecule has 0 N–H and O–H groups in total. The summed E-state index contributed by atoms with van der Waals surface area (Å²) in [5.41, 5.74) is 1.17. The molecule has 0 spiro atoms. The van der Waals surface area contributed by atoms with Crippen LogP contribution >= 0.6 is 47.0 Å². The molecule has 2 aromatic carbocycles. The van der Waals surface area contributed by atoms with Gasteiger partial charge in [0, 0.05) is 36.8 Å². The quantitative estimate of drug-likeness (QED) is 0.265. The summed E-state index contributed by atoms with van der Waals surface area (Å²) in [6.45, 7) is 4.21. The van der Waals surface area contributed by atoms with Crippen molar-refractivity contribution in [3.8, 4) is 11.4 Å². The van der Waals surface area contributed by atoms with Gasteiger partial charge < -0.3 is 4.90 Å². The van der Waals surface area contributed by atoms with Gasteiger partial charge in [0.15, 0.2) is 5.82 Å². The number of nitrogens with zero attached hydrogens (tertiary/aromatic N) is 6. The summed E-state index contributed by atoms with van der Waals surface area (Å²) in [6, 6.07) is 9.80. The Balaban J connectivity index is 1.75. The standard InChI is InChI=1S/C21H20Cl3FN6S/c1-28-6-8-29(9-7-28)13-30-21(32)31(26-12-14-2-4-15(22)5-3-14)20(27-30)16-10-19(25)18(24)11-17(16)23/h2-5,10-12H,6-9,13H2,1H3/b26-12+. The van der Waals surface area contributed by atoms with E-state index in [0.29, 0.717) is 27.9 Å². The second kappa shape index (κ2) is 9.99. The largest absolute Gasteiger partial charge is 0.304 e. The van der Waals surface area contributed by atoms with Gasteiger partial charge >= 0.3 is 0 Å². The van der Waals surface area contributed by atoms with Crippen LogP contribution in [0.4, 0.5) is 4.39 Å². The van der Waals surface area contributed by atoms with Gasteiger partial charge in [-0.15, -0.1) is 5.10 Å². The highest BCUT2D eigenvalue weighted by Gasteiger charge is 2.20. The summed E-state index contributed by atoms with van der Waals surface area (Å²) in [5, 5.41) is 9.98. The van der Waals surface area contributed by atoms with E-state index in [9.17, 15) is 4.39 Å². The highest BCUT2D eigenvalue weighted by molar-refractivity contribution is 7.71. The monoisotopic (exact) mass is 512 g/mol. The molecule has 2 heterocycles. The molecule has 1 aromatic heterocycles. The van der Waals surface area contributed by atoms with Crippen LogP contribution in [-0.4, -0.2) is 63.7 Å². The van der Waals surface area contributed by atoms with Crippen LogP contribution < -0.4 is 0 Å². The summed E-state index contributed by atoms with van der Waals surface area (Å²) < 4.78 is 17.8. The van der Waals surface area contributed by atoms with Crippen LogP contribution in [0.2, 0.25) is 15.1 Å². The maximum atomic E-state index is 14.3. The molecule has 168 valence electrons. The van der Waals surface area contributed by atoms with E-state index in [4.69, 9.17) is 47.0 Å². The zero-order valence-corrected chi connectivity index (χ0v) is 20.3. The van der Waals surface area contributed by atoms with Gasteiger partial charge in [0.1, 0.15) is 5.82 Å². The summed E-state index contributed by atoms with van der Waals surface area (Å²) in [5.74, 6) is -0.270. The van der Waals surface area contributed by atoms with E-state index < -0.39 is 5.82 Å². The Morgan fingerprint density at radius 1 is 1.06 bits per heavy atom. The van der Waals surface area contributed by atoms with E-state index in [-0.39, 0.29) is 10.0 Å². The van der Waals surface area contributed by atoms with Gasteiger partial charge in [0.2, 0.25) is 4.77 Å². The Bertz CT molecular complexity index is 1200. The predicted molar refractivity (Wildman–Crippen MR) is 130 cm³/mol. The third-order valence-electron chi connectivity index (χ3n) is 5.19. The number of aromatic nitrogens is 3. The van der Waals surface area contributed by atoms with Gasteiger partial charge in [-0.2, -0.15) is 9.78 Å². The van der Waals surface area contributed by atoms with Crippen molar-refractivity contribution in [3.63, 3.8) is 0 Å². The van der Waals surface area contributed by atoms with E-state index in [1.807, 2.05) is 12.1 Å². The first-order valence-corrected chi connectivity index (χ1v) is 11.4. The van der Waals surface area contributed by atoms with E-state index in [1.54, 1.807) is 23.0 Å². The first kappa shape index (κ1) is 23.4. The second-order valence-electron chi connectivity index (χ2n) is 7.52. The maximum Gasteiger partial charge on any atom is 0.220 e. The van der Waals surface area contributed by atoms with Crippen molar-refractivity contribution in [2.24, 2.45) is 5.10 Å². The van der Waals surface area contributed by atoms with Crippen LogP contribution in [0.1, 0.15) is 5.56 Å². The van der Waals surface area contributed by atoms with Gasteiger partial charge in [0.05, 0.1) is 22.9 Å². The van der Waals surface area contributed by atoms with Crippen molar-refractivity contribution >= 4 is 53.2 Å². The summed E-state index contributed by atoms with van der Waals surface area (Å²) in [6.07, 6.45) is 1.64. The van der Waals surface area contributed by atoms with Crippen LogP contribution in [0.3, 0.4) is 0 Å². The van der Waals surface area contributed by atoms with Crippen LogP contribution in [0.5, 0.6) is 0 Å². The molecule has 0 aliphatic carbocycles. The lowest BCUT2D eigenvalue weighted by Gasteiger charge is -2.31. The highest BCUT2D eigenvalue weighted by Crippen LogP contribution is 2.32. The van der Waals surface area contributed by atoms with E-state index >= 15 is 0 Å². The molecule has 0 bridgehead atoms. The van der Waals surface area contributed by atoms with Gasteiger partial charge in [-0.1, -0.05) is 46.9 Å². The Morgan fingerprint density at radius 3 is 2.44 bits per heavy atom. The molecule has 1 fully saturated rings. The van der Waals surface area contributed by atoms with Crippen molar-refractivity contribution < 1.29 is 4.39 Å². The van der Waals surface area contributed by atoms with Crippen LogP contribution in [0.15, 0.2) is 41.5 Å². The molecule has 0 unspecified atom stereocenters. The lowest BCUT2D eigenvalue weighted by Crippen LogP contribution is -2.45. The topological polar surface area (TPSA) is 41.6 Å². The second-order valence-corrected chi connectivity index (χ2v) is 9.14. The molecule has 0 amide bonds. The fourth-order valence-corrected chi connectivity index (χ4v) is 4.14. The Kier molecular flexibility index (Phi) is 7.29. The van der Waals surface area contributed by atoms with E-state index in [2.05, 4.69) is 27.0 Å². The zero-order chi connectivity index (χ0) is 22.8. The Morgan fingerprint density at radius 2 is 1.75 bits per heavy atom. The zero-order valence-electron chi connectivity index (χ0n) is 17.2. The SMILES string of the molecule is CN1CCN(Cn2nc(-c3cc(F)c(Cl)cc3Cl)n(/N=C/c3ccc(Cl)cc3)c2=S)CC1. The van der Waals surface area contributed by atoms with Gasteiger partial charge in [0.25, 0.3) is 0 Å². The Labute approximate surface area is 205 Å². The molecule has 11 heteroatoms. The lowest BCUT2D eigenvalue weighted by atomic mass is 10.2. The fraction of sp³-hybridized carbons (Fsp3) is 0.286. The average molecular weight is 514 g/mol. The van der Waals surface area contributed by atoms with Crippen LogP contribution in [-0.2, 0) is 6.67 Å². The summed E-state index contributed by atoms with van der Waals surface area (Å²) in [7, 11) is 2.10. The first-order chi connectivity index (χ1) is 15.3. The number of likely N-dealkylation sites (N-methyl/N-ethyl adjacent to an activating group) is 1. The van der Waals surface area contributed by atoms with Crippen molar-refractivity contribution in [3.05, 3.63) is 67.6 Å². The van der Waals surface area contributed by atoms with Crippen molar-refractivity contribution in [2.75, 3.05) is 33.2 Å². The molecule has 0 saturated carbocycles. The number of hydrogen-bond acceptors (Lipinski definition) is 5. The minimum atomic E-state index is -0.598. The fourth-order valence-electron chi connectivity index (χ4n) is 3.31. The molecule has 4 rings (SSSR count). The van der Waals surface area contributed by atoms with Crippen LogP contribution in [0.25, 0.3) is 11.4 Å². The highest BCUT2D eigenvalue weighted by atomic mass is 35.5. The molecule has 0 radical (unpaired) electrons. The van der Waals surface area contributed by atoms with Crippen molar-refractivity contribution in [2.45, 2.75) is 6.67 Å². The lowest BCUT2D eigenvalue weighted by molar-refractivity contribution is 0.119. The smallest absolute Gasteiger partial charge is 0.220 e. The number of halogens is 4. The van der Waals surface area contributed by atoms with Crippen molar-refractivity contribution in [1.82, 2.24) is 24.3 Å². The van der Waals surface area contributed by atoms with E-state index in [0.717, 1.165) is 31.7 Å². The van der Waals surface area contributed by atoms with Crippen molar-refractivity contribution in [1.29, 1.82) is 0 Å². The minimum absolute atomic E-state index is 0.0644. The number of benzene rings is 2. The Hall–Kier alpha value is -1.81. The molecule has 32 heavy (non-hydrogen) atoms. The average Bonchev–Trinajstić information content (AvgIpc) is 3.07. The van der Waals surface area contributed by atoms with Crippen LogP contribution in [0, 0.1) is 10.6 Å². The molecular formula is C21H20Cl3FN6S. The normalized spacial score (nSPS) is 15.7. The molecule has 0 atom stereocenters. The summed E-state index contributed by atoms with van der Waals surface area (Å²) >= 11 is 23.9. The van der Waals surface area contributed by atoms with Gasteiger partial charge in [-0.3, -0.25) is 4.90 Å². The van der Waals surface area contributed by atoms with E-state index in [1.165, 1.54) is 16.8 Å². The molecular weight excluding hydrogens is 494 g/mol. The molecule has 1 saturated heterocycles. The molecule has 6 nitrogen and oxygen atoms in total. The third kappa shape index (κ3) is 5.22. The minimum Gasteiger partial charge on any atom is -0.304 e. The maximum absolute atomic E-state index is 14.3. The molecule has 3 aromatic rings. The number of hydrogen-bond donors (Lipinski definition) is 0. The molecule has 1 aliphatic heterocycles. The predicted octanol–water partition coefficient (Wildman–Crippen LogP) is 5.27. The first-order valence-electron chi connectivity index (χ1n) is 9.87. The third-order valence-corrected chi connectivity index (χ3v) is 6.43. The van der Waals surface area contributed by atoms with Gasteiger partial charge in [-0.05, 0) is 49.1 Å². The number of piperazine rings is 1. The van der Waals surface area contributed by atoms with Gasteiger partial charge in [-0.25, -0.2) is 9.07 Å². The summed E-state index contributed by atoms with van der Waals surface area (Å²) in [4.78, 5) is 4.52. The molecule has 1 aliphatic rings. The number of rotatable bonds is 5.